The van der Waals surface area contributed by atoms with Crippen LogP contribution in [0.4, 0.5) is 4.39 Å². The third kappa shape index (κ3) is 4.91. The predicted octanol–water partition coefficient (Wildman–Crippen LogP) is 2.52. The van der Waals surface area contributed by atoms with Gasteiger partial charge in [-0.2, -0.15) is 0 Å². The van der Waals surface area contributed by atoms with E-state index < -0.39 is 0 Å². The van der Waals surface area contributed by atoms with Gasteiger partial charge in [0.2, 0.25) is 0 Å². The fraction of sp³-hybridized carbons (Fsp3) is 0.312. The van der Waals surface area contributed by atoms with Crippen molar-refractivity contribution in [2.75, 3.05) is 33.4 Å². The fourth-order valence-corrected chi connectivity index (χ4v) is 2.81. The first kappa shape index (κ1) is 16.6. The van der Waals surface area contributed by atoms with Crippen molar-refractivity contribution in [3.63, 3.8) is 0 Å². The Morgan fingerprint density at radius 2 is 1.91 bits per heavy atom. The Bertz CT molecular complexity index is 598. The van der Waals surface area contributed by atoms with Gasteiger partial charge in [-0.05, 0) is 29.8 Å². The number of carbonyl (C=O) groups excluding carboxylic acids is 1. The summed E-state index contributed by atoms with van der Waals surface area (Å²) in [5, 5.41) is 6.02. The molecule has 1 aromatic carbocycles. The SMILES string of the molecule is COCCNCCNC(=O)c1ccc(-c2ccc(F)cc2)s1. The summed E-state index contributed by atoms with van der Waals surface area (Å²) in [4.78, 5) is 13.6. The average molecular weight is 322 g/mol. The van der Waals surface area contributed by atoms with E-state index in [1.165, 1.54) is 23.5 Å². The second-order valence-electron chi connectivity index (χ2n) is 4.67. The van der Waals surface area contributed by atoms with Gasteiger partial charge in [-0.15, -0.1) is 11.3 Å². The minimum Gasteiger partial charge on any atom is -0.383 e. The lowest BCUT2D eigenvalue weighted by Gasteiger charge is -2.05. The van der Waals surface area contributed by atoms with E-state index in [1.54, 1.807) is 25.3 Å². The Balaban J connectivity index is 1.83. The molecule has 2 N–H and O–H groups in total. The van der Waals surface area contributed by atoms with Gasteiger partial charge < -0.3 is 15.4 Å². The van der Waals surface area contributed by atoms with Crippen molar-refractivity contribution in [1.82, 2.24) is 10.6 Å². The predicted molar refractivity (Wildman–Crippen MR) is 86.8 cm³/mol. The van der Waals surface area contributed by atoms with Gasteiger partial charge in [-0.1, -0.05) is 12.1 Å². The van der Waals surface area contributed by atoms with Gasteiger partial charge >= 0.3 is 0 Å². The molecule has 6 heteroatoms. The number of nitrogens with one attached hydrogen (secondary N) is 2. The molecule has 0 atom stereocenters. The van der Waals surface area contributed by atoms with Crippen LogP contribution in [0.3, 0.4) is 0 Å². The maximum atomic E-state index is 12.9. The smallest absolute Gasteiger partial charge is 0.261 e. The first-order chi connectivity index (χ1) is 10.7. The topological polar surface area (TPSA) is 50.4 Å². The number of amides is 1. The summed E-state index contributed by atoms with van der Waals surface area (Å²) in [5.74, 6) is -0.355. The van der Waals surface area contributed by atoms with Gasteiger partial charge in [0.15, 0.2) is 0 Å². The van der Waals surface area contributed by atoms with Gasteiger partial charge in [0, 0.05) is 31.6 Å². The van der Waals surface area contributed by atoms with Crippen LogP contribution in [-0.4, -0.2) is 39.3 Å². The second-order valence-corrected chi connectivity index (χ2v) is 5.75. The summed E-state index contributed by atoms with van der Waals surface area (Å²) in [5.41, 5.74) is 0.909. The summed E-state index contributed by atoms with van der Waals surface area (Å²) in [6.07, 6.45) is 0. The minimum absolute atomic E-state index is 0.0908. The first-order valence-electron chi connectivity index (χ1n) is 7.04. The molecular formula is C16H19FN2O2S. The molecule has 0 aliphatic carbocycles. The summed E-state index contributed by atoms with van der Waals surface area (Å²) < 4.78 is 17.8. The van der Waals surface area contributed by atoms with Crippen LogP contribution >= 0.6 is 11.3 Å². The van der Waals surface area contributed by atoms with Gasteiger partial charge in [0.05, 0.1) is 11.5 Å². The van der Waals surface area contributed by atoms with Gasteiger partial charge in [-0.3, -0.25) is 4.79 Å². The van der Waals surface area contributed by atoms with Crippen molar-refractivity contribution in [3.8, 4) is 10.4 Å². The molecule has 0 aliphatic rings. The second kappa shape index (κ2) is 8.63. The van der Waals surface area contributed by atoms with E-state index in [1.807, 2.05) is 6.07 Å². The van der Waals surface area contributed by atoms with E-state index in [4.69, 9.17) is 4.74 Å². The molecule has 0 aliphatic heterocycles. The van der Waals surface area contributed by atoms with Crippen LogP contribution in [-0.2, 0) is 4.74 Å². The first-order valence-corrected chi connectivity index (χ1v) is 7.86. The summed E-state index contributed by atoms with van der Waals surface area (Å²) in [6.45, 7) is 2.68. The Kier molecular flexibility index (Phi) is 6.51. The standard InChI is InChI=1S/C16H19FN2O2S/c1-21-11-10-18-8-9-19-16(20)15-7-6-14(22-15)12-2-4-13(17)5-3-12/h2-7,18H,8-11H2,1H3,(H,19,20). The molecule has 0 radical (unpaired) electrons. The van der Waals surface area contributed by atoms with Gasteiger partial charge in [0.1, 0.15) is 5.82 Å². The Labute approximate surface area is 133 Å². The molecule has 1 amide bonds. The average Bonchev–Trinajstić information content (AvgIpc) is 3.01. The maximum Gasteiger partial charge on any atom is 0.261 e. The molecule has 118 valence electrons. The van der Waals surface area contributed by atoms with E-state index in [0.717, 1.165) is 17.0 Å². The number of carbonyl (C=O) groups is 1. The lowest BCUT2D eigenvalue weighted by Crippen LogP contribution is -2.32. The van der Waals surface area contributed by atoms with E-state index >= 15 is 0 Å². The lowest BCUT2D eigenvalue weighted by atomic mass is 10.2. The highest BCUT2D eigenvalue weighted by atomic mass is 32.1. The molecule has 1 heterocycles. The van der Waals surface area contributed by atoms with Crippen LogP contribution in [0.1, 0.15) is 9.67 Å². The molecule has 2 aromatic rings. The molecule has 0 fully saturated rings. The third-order valence-corrected chi connectivity index (χ3v) is 4.16. The van der Waals surface area contributed by atoms with Gasteiger partial charge in [0.25, 0.3) is 5.91 Å². The fourth-order valence-electron chi connectivity index (χ4n) is 1.88. The summed E-state index contributed by atoms with van der Waals surface area (Å²) in [7, 11) is 1.65. The maximum absolute atomic E-state index is 12.9. The zero-order chi connectivity index (χ0) is 15.8. The number of benzene rings is 1. The number of halogens is 1. The molecule has 22 heavy (non-hydrogen) atoms. The number of hydrogen-bond acceptors (Lipinski definition) is 4. The molecule has 1 aromatic heterocycles. The Morgan fingerprint density at radius 3 is 2.64 bits per heavy atom. The summed E-state index contributed by atoms with van der Waals surface area (Å²) >= 11 is 1.40. The van der Waals surface area contributed by atoms with Crippen molar-refractivity contribution in [3.05, 3.63) is 47.1 Å². The van der Waals surface area contributed by atoms with Gasteiger partial charge in [-0.25, -0.2) is 4.39 Å². The van der Waals surface area contributed by atoms with Crippen LogP contribution in [0, 0.1) is 5.82 Å². The van der Waals surface area contributed by atoms with Crippen molar-refractivity contribution in [2.45, 2.75) is 0 Å². The van der Waals surface area contributed by atoms with Crippen molar-refractivity contribution >= 4 is 17.2 Å². The molecule has 4 nitrogen and oxygen atoms in total. The number of ether oxygens (including phenoxy) is 1. The highest BCUT2D eigenvalue weighted by Gasteiger charge is 2.09. The van der Waals surface area contributed by atoms with Crippen LogP contribution < -0.4 is 10.6 Å². The number of thiophene rings is 1. The molecular weight excluding hydrogens is 303 g/mol. The molecule has 0 bridgehead atoms. The van der Waals surface area contributed by atoms with Crippen LogP contribution in [0.15, 0.2) is 36.4 Å². The highest BCUT2D eigenvalue weighted by Crippen LogP contribution is 2.28. The van der Waals surface area contributed by atoms with E-state index in [9.17, 15) is 9.18 Å². The zero-order valence-electron chi connectivity index (χ0n) is 12.4. The van der Waals surface area contributed by atoms with Crippen molar-refractivity contribution in [2.24, 2.45) is 0 Å². The van der Waals surface area contributed by atoms with Crippen LogP contribution in [0.2, 0.25) is 0 Å². The quantitative estimate of drug-likeness (QED) is 0.734. The molecule has 2 rings (SSSR count). The Hall–Kier alpha value is -1.76. The van der Waals surface area contributed by atoms with Crippen LogP contribution in [0.5, 0.6) is 0 Å². The van der Waals surface area contributed by atoms with Crippen molar-refractivity contribution < 1.29 is 13.9 Å². The van der Waals surface area contributed by atoms with E-state index in [0.29, 0.717) is 24.6 Å². The Morgan fingerprint density at radius 1 is 1.14 bits per heavy atom. The summed E-state index contributed by atoms with van der Waals surface area (Å²) in [6, 6.07) is 9.92. The zero-order valence-corrected chi connectivity index (χ0v) is 13.2. The highest BCUT2D eigenvalue weighted by molar-refractivity contribution is 7.17. The number of rotatable bonds is 8. The van der Waals surface area contributed by atoms with E-state index in [2.05, 4.69) is 10.6 Å². The number of methoxy groups -OCH3 is 1. The monoisotopic (exact) mass is 322 g/mol. The normalized spacial score (nSPS) is 10.6. The van der Waals surface area contributed by atoms with Crippen molar-refractivity contribution in [1.29, 1.82) is 0 Å². The minimum atomic E-state index is -0.265. The number of hydrogen-bond donors (Lipinski definition) is 2. The third-order valence-electron chi connectivity index (χ3n) is 3.03. The largest absolute Gasteiger partial charge is 0.383 e. The lowest BCUT2D eigenvalue weighted by molar-refractivity contribution is 0.0957. The van der Waals surface area contributed by atoms with E-state index in [-0.39, 0.29) is 11.7 Å². The molecule has 0 saturated heterocycles. The molecule has 0 spiro atoms. The molecule has 0 saturated carbocycles. The van der Waals surface area contributed by atoms with Crippen LogP contribution in [0.25, 0.3) is 10.4 Å². The molecule has 0 unspecified atom stereocenters.